The smallest absolute Gasteiger partial charge is 0.272 e. The van der Waals surface area contributed by atoms with Gasteiger partial charge in [0.05, 0.1) is 0 Å². The molecule has 1 atom stereocenters. The van der Waals surface area contributed by atoms with Gasteiger partial charge in [0.2, 0.25) is 5.91 Å². The van der Waals surface area contributed by atoms with Gasteiger partial charge < -0.3 is 15.2 Å². The molecule has 146 valence electrons. The number of imidazole rings is 1. The maximum absolute atomic E-state index is 13.0. The summed E-state index contributed by atoms with van der Waals surface area (Å²) in [5.41, 5.74) is 1.71. The Morgan fingerprint density at radius 3 is 2.33 bits per heavy atom. The second kappa shape index (κ2) is 8.37. The average Bonchev–Trinajstić information content (AvgIpc) is 2.96. The van der Waals surface area contributed by atoms with Crippen LogP contribution in [0.15, 0.2) is 30.3 Å². The van der Waals surface area contributed by atoms with Gasteiger partial charge in [0.15, 0.2) is 0 Å². The molecule has 0 aliphatic carbocycles. The lowest BCUT2D eigenvalue weighted by atomic mass is 9.86. The zero-order valence-corrected chi connectivity index (χ0v) is 17.1. The van der Waals surface area contributed by atoms with Crippen LogP contribution >= 0.6 is 0 Å². The number of nitrogens with one attached hydrogen (secondary N) is 2. The van der Waals surface area contributed by atoms with Gasteiger partial charge >= 0.3 is 0 Å². The van der Waals surface area contributed by atoms with E-state index in [0.29, 0.717) is 5.69 Å². The minimum Gasteiger partial charge on any atom is -0.357 e. The number of likely N-dealkylation sites (N-methyl/N-ethyl adjacent to an activating group) is 1. The number of rotatable bonds is 6. The summed E-state index contributed by atoms with van der Waals surface area (Å²) in [5.74, 6) is 0.222. The van der Waals surface area contributed by atoms with Crippen LogP contribution in [0.25, 0.3) is 11.4 Å². The molecule has 2 N–H and O–H groups in total. The van der Waals surface area contributed by atoms with E-state index in [1.807, 2.05) is 58.0 Å². The molecule has 0 fully saturated rings. The van der Waals surface area contributed by atoms with Crippen molar-refractivity contribution in [3.63, 3.8) is 0 Å². The molecule has 0 saturated carbocycles. The van der Waals surface area contributed by atoms with E-state index in [-0.39, 0.29) is 11.8 Å². The van der Waals surface area contributed by atoms with E-state index in [9.17, 15) is 9.59 Å². The Bertz CT molecular complexity index is 804. The lowest BCUT2D eigenvalue weighted by molar-refractivity contribution is -0.124. The van der Waals surface area contributed by atoms with Gasteiger partial charge in [-0.15, -0.1) is 0 Å². The largest absolute Gasteiger partial charge is 0.357 e. The van der Waals surface area contributed by atoms with Crippen molar-refractivity contribution < 1.29 is 9.59 Å². The number of hydrogen-bond donors (Lipinski definition) is 2. The predicted molar refractivity (Wildman–Crippen MR) is 107 cm³/mol. The van der Waals surface area contributed by atoms with Crippen LogP contribution in [0.3, 0.4) is 0 Å². The highest BCUT2D eigenvalue weighted by Crippen LogP contribution is 2.24. The standard InChI is InChI=1S/C21H30N4O2/c1-7-13-25-14(2)16(23-18(25)15-11-9-8-10-12-15)19(26)24-17(20(27)22-6)21(3,4)5/h8-12,17H,7,13H2,1-6H3,(H,22,27)(H,24,26)/t17-/m1/s1. The molecular formula is C21H30N4O2. The average molecular weight is 370 g/mol. The van der Waals surface area contributed by atoms with Gasteiger partial charge in [0, 0.05) is 24.8 Å². The van der Waals surface area contributed by atoms with Crippen molar-refractivity contribution in [2.24, 2.45) is 5.41 Å². The van der Waals surface area contributed by atoms with Crippen LogP contribution in [0.5, 0.6) is 0 Å². The van der Waals surface area contributed by atoms with E-state index in [1.165, 1.54) is 0 Å². The molecule has 1 aromatic carbocycles. The van der Waals surface area contributed by atoms with Gasteiger partial charge in [-0.05, 0) is 18.8 Å². The minimum atomic E-state index is -0.647. The maximum Gasteiger partial charge on any atom is 0.272 e. The Balaban J connectivity index is 2.43. The fourth-order valence-corrected chi connectivity index (χ4v) is 3.07. The van der Waals surface area contributed by atoms with Crippen LogP contribution in [0.2, 0.25) is 0 Å². The third-order valence-electron chi connectivity index (χ3n) is 4.57. The molecule has 0 spiro atoms. The zero-order chi connectivity index (χ0) is 20.2. The molecule has 1 aromatic heterocycles. The molecule has 0 aliphatic heterocycles. The molecule has 0 radical (unpaired) electrons. The monoisotopic (exact) mass is 370 g/mol. The molecule has 0 aliphatic rings. The second-order valence-corrected chi connectivity index (χ2v) is 7.77. The summed E-state index contributed by atoms with van der Waals surface area (Å²) in [6.07, 6.45) is 0.931. The molecule has 1 heterocycles. The van der Waals surface area contributed by atoms with Crippen LogP contribution < -0.4 is 10.6 Å². The van der Waals surface area contributed by atoms with Crippen LogP contribution in [-0.2, 0) is 11.3 Å². The number of carbonyl (C=O) groups excluding carboxylic acids is 2. The van der Waals surface area contributed by atoms with Gasteiger partial charge in [-0.2, -0.15) is 0 Å². The van der Waals surface area contributed by atoms with Gasteiger partial charge in [-0.3, -0.25) is 9.59 Å². The number of benzene rings is 1. The van der Waals surface area contributed by atoms with Gasteiger partial charge in [0.1, 0.15) is 17.6 Å². The molecule has 0 saturated heterocycles. The van der Waals surface area contributed by atoms with Crippen LogP contribution in [0.4, 0.5) is 0 Å². The van der Waals surface area contributed by atoms with E-state index in [1.54, 1.807) is 7.05 Å². The third kappa shape index (κ3) is 4.56. The summed E-state index contributed by atoms with van der Waals surface area (Å²) >= 11 is 0. The number of nitrogens with zero attached hydrogens (tertiary/aromatic N) is 2. The van der Waals surface area contributed by atoms with Gasteiger partial charge in [-0.25, -0.2) is 4.98 Å². The van der Waals surface area contributed by atoms with Crippen LogP contribution in [0, 0.1) is 12.3 Å². The van der Waals surface area contributed by atoms with E-state index in [0.717, 1.165) is 30.0 Å². The van der Waals surface area contributed by atoms with Crippen LogP contribution in [0.1, 0.15) is 50.3 Å². The molecule has 6 nitrogen and oxygen atoms in total. The highest BCUT2D eigenvalue weighted by atomic mass is 16.2. The van der Waals surface area contributed by atoms with Crippen molar-refractivity contribution in [1.82, 2.24) is 20.2 Å². The maximum atomic E-state index is 13.0. The fourth-order valence-electron chi connectivity index (χ4n) is 3.07. The first-order valence-corrected chi connectivity index (χ1v) is 9.35. The lowest BCUT2D eigenvalue weighted by Crippen LogP contribution is -2.53. The molecule has 2 rings (SSSR count). The molecule has 27 heavy (non-hydrogen) atoms. The quantitative estimate of drug-likeness (QED) is 0.820. The lowest BCUT2D eigenvalue weighted by Gasteiger charge is -2.29. The van der Waals surface area contributed by atoms with E-state index >= 15 is 0 Å². The van der Waals surface area contributed by atoms with E-state index < -0.39 is 11.5 Å². The van der Waals surface area contributed by atoms with Crippen molar-refractivity contribution in [2.75, 3.05) is 7.05 Å². The Hall–Kier alpha value is -2.63. The highest BCUT2D eigenvalue weighted by Gasteiger charge is 2.33. The second-order valence-electron chi connectivity index (χ2n) is 7.77. The van der Waals surface area contributed by atoms with Crippen molar-refractivity contribution in [3.8, 4) is 11.4 Å². The Kier molecular flexibility index (Phi) is 6.41. The van der Waals surface area contributed by atoms with Gasteiger partial charge in [0.25, 0.3) is 5.91 Å². The highest BCUT2D eigenvalue weighted by molar-refractivity contribution is 5.97. The van der Waals surface area contributed by atoms with Crippen LogP contribution in [-0.4, -0.2) is 34.5 Å². The molecule has 0 unspecified atom stereocenters. The van der Waals surface area contributed by atoms with Crippen molar-refractivity contribution in [2.45, 2.75) is 53.6 Å². The SMILES string of the molecule is CCCn1c(-c2ccccc2)nc(C(=O)N[C@H](C(=O)NC)C(C)(C)C)c1C. The van der Waals surface area contributed by atoms with Crippen molar-refractivity contribution in [1.29, 1.82) is 0 Å². The number of carbonyl (C=O) groups is 2. The fraction of sp³-hybridized carbons (Fsp3) is 0.476. The Labute approximate surface area is 161 Å². The normalized spacial score (nSPS) is 12.5. The predicted octanol–water partition coefficient (Wildman–Crippen LogP) is 3.16. The van der Waals surface area contributed by atoms with Crippen molar-refractivity contribution in [3.05, 3.63) is 41.7 Å². The third-order valence-corrected chi connectivity index (χ3v) is 4.57. The Morgan fingerprint density at radius 1 is 1.19 bits per heavy atom. The first kappa shape index (κ1) is 20.7. The zero-order valence-electron chi connectivity index (χ0n) is 17.1. The molecule has 6 heteroatoms. The van der Waals surface area contributed by atoms with Crippen molar-refractivity contribution >= 4 is 11.8 Å². The summed E-state index contributed by atoms with van der Waals surface area (Å²) in [7, 11) is 1.57. The first-order chi connectivity index (χ1) is 12.7. The molecule has 2 aromatic rings. The van der Waals surface area contributed by atoms with E-state index in [4.69, 9.17) is 0 Å². The minimum absolute atomic E-state index is 0.218. The number of hydrogen-bond acceptors (Lipinski definition) is 3. The summed E-state index contributed by atoms with van der Waals surface area (Å²) in [5, 5.41) is 5.50. The van der Waals surface area contributed by atoms with Gasteiger partial charge in [-0.1, -0.05) is 58.0 Å². The number of aromatic nitrogens is 2. The molecule has 0 bridgehead atoms. The summed E-state index contributed by atoms with van der Waals surface area (Å²) < 4.78 is 2.07. The summed E-state index contributed by atoms with van der Waals surface area (Å²) in [4.78, 5) is 29.9. The topological polar surface area (TPSA) is 76.0 Å². The number of amides is 2. The first-order valence-electron chi connectivity index (χ1n) is 9.35. The molecule has 2 amide bonds. The Morgan fingerprint density at radius 2 is 1.81 bits per heavy atom. The summed E-state index contributed by atoms with van der Waals surface area (Å²) in [6.45, 7) is 10.5. The van der Waals surface area contributed by atoms with E-state index in [2.05, 4.69) is 27.1 Å². The molecular weight excluding hydrogens is 340 g/mol. The summed E-state index contributed by atoms with van der Waals surface area (Å²) in [6, 6.07) is 9.18.